The first-order valence-corrected chi connectivity index (χ1v) is 9.64. The molecule has 2 aromatic rings. The number of carbonyl (C=O) groups excluding carboxylic acids is 2. The molecule has 1 heterocycles. The maximum atomic E-state index is 13.2. The Morgan fingerprint density at radius 2 is 1.92 bits per heavy atom. The quantitative estimate of drug-likeness (QED) is 0.720. The summed E-state index contributed by atoms with van der Waals surface area (Å²) in [6.45, 7) is 0. The summed E-state index contributed by atoms with van der Waals surface area (Å²) in [5, 5.41) is 2.40. The molecule has 1 aliphatic rings. The van der Waals surface area contributed by atoms with Gasteiger partial charge >= 0.3 is 12.0 Å². The summed E-state index contributed by atoms with van der Waals surface area (Å²) in [5.74, 6) is -0.437. The largest absolute Gasteiger partial charge is 0.467 e. The zero-order chi connectivity index (χ0) is 18.7. The Kier molecular flexibility index (Phi) is 5.83. The van der Waals surface area contributed by atoms with Gasteiger partial charge in [0.25, 0.3) is 0 Å². The topological polar surface area (TPSA) is 58.6 Å². The van der Waals surface area contributed by atoms with Gasteiger partial charge in [0.05, 0.1) is 12.8 Å². The van der Waals surface area contributed by atoms with E-state index in [1.165, 1.54) is 35.9 Å². The van der Waals surface area contributed by atoms with E-state index >= 15 is 0 Å². The zero-order valence-corrected chi connectivity index (χ0v) is 16.2. The lowest BCUT2D eigenvalue weighted by atomic mass is 10.2. The highest BCUT2D eigenvalue weighted by Gasteiger charge is 2.43. The minimum Gasteiger partial charge on any atom is -0.467 e. The van der Waals surface area contributed by atoms with Gasteiger partial charge in [0.15, 0.2) is 0 Å². The minimum absolute atomic E-state index is 0.356. The van der Waals surface area contributed by atoms with Crippen LogP contribution in [0.25, 0.3) is 0 Å². The Morgan fingerprint density at radius 3 is 2.58 bits per heavy atom. The third-order valence-electron chi connectivity index (χ3n) is 3.98. The number of urea groups is 1. The summed E-state index contributed by atoms with van der Waals surface area (Å²) < 4.78 is 18.8. The van der Waals surface area contributed by atoms with Crippen molar-refractivity contribution in [3.05, 3.63) is 64.4 Å². The van der Waals surface area contributed by atoms with Crippen LogP contribution in [0.1, 0.15) is 10.9 Å². The summed E-state index contributed by atoms with van der Waals surface area (Å²) >= 11 is 4.82. The van der Waals surface area contributed by atoms with E-state index in [4.69, 9.17) is 4.74 Å². The van der Waals surface area contributed by atoms with Gasteiger partial charge in [-0.15, -0.1) is 11.8 Å². The second-order valence-electron chi connectivity index (χ2n) is 5.59. The summed E-state index contributed by atoms with van der Waals surface area (Å²) in [4.78, 5) is 26.5. The molecule has 3 rings (SSSR count). The number of ether oxygens (including phenoxy) is 1. The molecule has 0 aliphatic carbocycles. The molecular weight excluding hydrogens is 423 g/mol. The van der Waals surface area contributed by atoms with Gasteiger partial charge in [-0.05, 0) is 45.8 Å². The standard InChI is InChI=1S/C18H16BrFN2O3S/c1-25-17(23)15-10-26-16(11-6-8-12(20)9-7-11)22(15)18(24)21-14-5-3-2-4-13(14)19/h2-9,15-16H,10H2,1H3,(H,21,24). The Balaban J connectivity index is 1.90. The number of methoxy groups -OCH3 is 1. The smallest absolute Gasteiger partial charge is 0.329 e. The molecule has 1 fully saturated rings. The average Bonchev–Trinajstić information content (AvgIpc) is 3.08. The SMILES string of the molecule is COC(=O)C1CSC(c2ccc(F)cc2)N1C(=O)Nc1ccccc1Br. The molecule has 26 heavy (non-hydrogen) atoms. The van der Waals surface area contributed by atoms with Gasteiger partial charge in [-0.3, -0.25) is 4.90 Å². The fourth-order valence-corrected chi connectivity index (χ4v) is 4.50. The number of para-hydroxylation sites is 1. The Labute approximate surface area is 163 Å². The van der Waals surface area contributed by atoms with Gasteiger partial charge in [0.1, 0.15) is 17.2 Å². The number of rotatable bonds is 3. The van der Waals surface area contributed by atoms with E-state index in [-0.39, 0.29) is 5.82 Å². The highest BCUT2D eigenvalue weighted by molar-refractivity contribution is 9.10. The van der Waals surface area contributed by atoms with E-state index in [0.717, 1.165) is 10.0 Å². The molecule has 2 aromatic carbocycles. The fraction of sp³-hybridized carbons (Fsp3) is 0.222. The maximum absolute atomic E-state index is 13.2. The number of halogens is 2. The summed E-state index contributed by atoms with van der Waals surface area (Å²) in [6, 6.07) is 12.0. The molecule has 1 aliphatic heterocycles. The zero-order valence-electron chi connectivity index (χ0n) is 13.8. The van der Waals surface area contributed by atoms with Gasteiger partial charge in [-0.2, -0.15) is 0 Å². The number of amides is 2. The second-order valence-corrected chi connectivity index (χ2v) is 7.56. The van der Waals surface area contributed by atoms with Crippen molar-refractivity contribution in [3.8, 4) is 0 Å². The molecule has 2 unspecified atom stereocenters. The Hall–Kier alpha value is -2.06. The lowest BCUT2D eigenvalue weighted by molar-refractivity contribution is -0.144. The van der Waals surface area contributed by atoms with Crippen LogP contribution in [0.15, 0.2) is 53.0 Å². The van der Waals surface area contributed by atoms with Crippen molar-refractivity contribution in [2.24, 2.45) is 0 Å². The lowest BCUT2D eigenvalue weighted by Gasteiger charge is -2.28. The molecular formula is C18H16BrFN2O3S. The number of nitrogens with one attached hydrogen (secondary N) is 1. The highest BCUT2D eigenvalue weighted by Crippen LogP contribution is 2.42. The van der Waals surface area contributed by atoms with Crippen LogP contribution in [0.2, 0.25) is 0 Å². The van der Waals surface area contributed by atoms with Gasteiger partial charge in [-0.25, -0.2) is 14.0 Å². The van der Waals surface area contributed by atoms with Crippen molar-refractivity contribution in [2.45, 2.75) is 11.4 Å². The van der Waals surface area contributed by atoms with Crippen molar-refractivity contribution < 1.29 is 18.7 Å². The molecule has 1 N–H and O–H groups in total. The number of thioether (sulfide) groups is 1. The third-order valence-corrected chi connectivity index (χ3v) is 5.99. The number of nitrogens with zero attached hydrogens (tertiary/aromatic N) is 1. The monoisotopic (exact) mass is 438 g/mol. The van der Waals surface area contributed by atoms with Crippen LogP contribution in [0.5, 0.6) is 0 Å². The van der Waals surface area contributed by atoms with E-state index in [2.05, 4.69) is 21.2 Å². The molecule has 136 valence electrons. The summed E-state index contributed by atoms with van der Waals surface area (Å²) in [5.41, 5.74) is 1.33. The molecule has 1 saturated heterocycles. The molecule has 2 amide bonds. The molecule has 2 atom stereocenters. The normalized spacial score (nSPS) is 19.3. The van der Waals surface area contributed by atoms with Crippen LogP contribution >= 0.6 is 27.7 Å². The van der Waals surface area contributed by atoms with E-state index in [1.807, 2.05) is 12.1 Å². The van der Waals surface area contributed by atoms with Gasteiger partial charge in [0, 0.05) is 10.2 Å². The third kappa shape index (κ3) is 3.86. The van der Waals surface area contributed by atoms with Crippen LogP contribution in [-0.4, -0.2) is 35.8 Å². The van der Waals surface area contributed by atoms with E-state index < -0.39 is 23.4 Å². The summed E-state index contributed by atoms with van der Waals surface area (Å²) in [7, 11) is 1.29. The van der Waals surface area contributed by atoms with Crippen LogP contribution in [0.3, 0.4) is 0 Å². The predicted octanol–water partition coefficient (Wildman–Crippen LogP) is 4.41. The second kappa shape index (κ2) is 8.09. The Morgan fingerprint density at radius 1 is 1.23 bits per heavy atom. The minimum atomic E-state index is -0.720. The molecule has 5 nitrogen and oxygen atoms in total. The molecule has 0 aromatic heterocycles. The number of benzene rings is 2. The first kappa shape index (κ1) is 18.7. The predicted molar refractivity (Wildman–Crippen MR) is 102 cm³/mol. The van der Waals surface area contributed by atoms with E-state index in [9.17, 15) is 14.0 Å². The van der Waals surface area contributed by atoms with E-state index in [1.54, 1.807) is 24.3 Å². The van der Waals surface area contributed by atoms with Crippen molar-refractivity contribution >= 4 is 45.4 Å². The van der Waals surface area contributed by atoms with Crippen molar-refractivity contribution in [1.82, 2.24) is 4.90 Å². The molecule has 0 saturated carbocycles. The molecule has 0 radical (unpaired) electrons. The van der Waals surface area contributed by atoms with Crippen LogP contribution in [0.4, 0.5) is 14.9 Å². The van der Waals surface area contributed by atoms with E-state index in [0.29, 0.717) is 11.4 Å². The summed E-state index contributed by atoms with van der Waals surface area (Å²) in [6.07, 6.45) is 0. The lowest BCUT2D eigenvalue weighted by Crippen LogP contribution is -2.45. The van der Waals surface area contributed by atoms with Crippen molar-refractivity contribution in [1.29, 1.82) is 0 Å². The van der Waals surface area contributed by atoms with Crippen molar-refractivity contribution in [2.75, 3.05) is 18.2 Å². The Bertz CT molecular complexity index is 818. The number of carbonyl (C=O) groups is 2. The van der Waals surface area contributed by atoms with Gasteiger partial charge < -0.3 is 10.1 Å². The fourth-order valence-electron chi connectivity index (χ4n) is 2.70. The first-order valence-electron chi connectivity index (χ1n) is 7.80. The average molecular weight is 439 g/mol. The first-order chi connectivity index (χ1) is 12.5. The van der Waals surface area contributed by atoms with Gasteiger partial charge in [-0.1, -0.05) is 24.3 Å². The maximum Gasteiger partial charge on any atom is 0.329 e. The molecule has 0 bridgehead atoms. The highest BCUT2D eigenvalue weighted by atomic mass is 79.9. The number of hydrogen-bond donors (Lipinski definition) is 1. The number of hydrogen-bond acceptors (Lipinski definition) is 4. The van der Waals surface area contributed by atoms with Crippen molar-refractivity contribution in [3.63, 3.8) is 0 Å². The molecule has 0 spiro atoms. The number of esters is 1. The van der Waals surface area contributed by atoms with Crippen LogP contribution < -0.4 is 5.32 Å². The van der Waals surface area contributed by atoms with Crippen LogP contribution in [-0.2, 0) is 9.53 Å². The van der Waals surface area contributed by atoms with Gasteiger partial charge in [0.2, 0.25) is 0 Å². The van der Waals surface area contributed by atoms with Crippen LogP contribution in [0, 0.1) is 5.82 Å². The number of anilines is 1. The molecule has 8 heteroatoms.